The Hall–Kier alpha value is -3.16. The predicted octanol–water partition coefficient (Wildman–Crippen LogP) is 1.79. The van der Waals surface area contributed by atoms with Gasteiger partial charge in [-0.15, -0.1) is 0 Å². The largest absolute Gasteiger partial charge is 0.502 e. The van der Waals surface area contributed by atoms with Gasteiger partial charge >= 0.3 is 5.90 Å². The fourth-order valence-corrected chi connectivity index (χ4v) is 3.73. The first-order valence-electron chi connectivity index (χ1n) is 9.59. The van der Waals surface area contributed by atoms with Gasteiger partial charge in [0.1, 0.15) is 18.9 Å². The number of pyridine rings is 1. The highest BCUT2D eigenvalue weighted by molar-refractivity contribution is 6.02. The number of benzene rings is 1. The fourth-order valence-electron chi connectivity index (χ4n) is 3.73. The number of aromatic nitrogens is 1. The molecule has 0 saturated carbocycles. The predicted molar refractivity (Wildman–Crippen MR) is 106 cm³/mol. The molecule has 7 nitrogen and oxygen atoms in total. The summed E-state index contributed by atoms with van der Waals surface area (Å²) in [7, 11) is 1.47. The van der Waals surface area contributed by atoms with Crippen LogP contribution in [0.3, 0.4) is 0 Å². The third-order valence-electron chi connectivity index (χ3n) is 5.36. The molecule has 1 aliphatic heterocycles. The molecule has 29 heavy (non-hydrogen) atoms. The van der Waals surface area contributed by atoms with Crippen molar-refractivity contribution in [2.75, 3.05) is 19.6 Å². The van der Waals surface area contributed by atoms with E-state index in [1.54, 1.807) is 16.7 Å². The maximum Gasteiger partial charge on any atom is 0.384 e. The van der Waals surface area contributed by atoms with E-state index in [1.165, 1.54) is 28.6 Å². The Labute approximate surface area is 168 Å². The first kappa shape index (κ1) is 20.6. The summed E-state index contributed by atoms with van der Waals surface area (Å²) in [6.45, 7) is 5.38. The van der Waals surface area contributed by atoms with Crippen LogP contribution >= 0.6 is 0 Å². The number of hydrogen-bond acceptors (Lipinski definition) is 3. The first-order chi connectivity index (χ1) is 13.8. The minimum Gasteiger partial charge on any atom is -0.502 e. The van der Waals surface area contributed by atoms with Crippen LogP contribution < -0.4 is 5.56 Å². The van der Waals surface area contributed by atoms with Crippen LogP contribution in [0.5, 0.6) is 5.75 Å². The molecule has 0 aliphatic carbocycles. The number of aliphatic hydroxyl groups is 1. The summed E-state index contributed by atoms with van der Waals surface area (Å²) in [5.41, 5.74) is 0.629. The van der Waals surface area contributed by atoms with Crippen molar-refractivity contribution < 1.29 is 24.0 Å². The normalized spacial score (nSPS) is 13.4. The maximum atomic E-state index is 13.1. The Morgan fingerprint density at radius 3 is 2.38 bits per heavy atom. The molecule has 1 aromatic heterocycles. The van der Waals surface area contributed by atoms with E-state index in [0.29, 0.717) is 31.6 Å². The molecule has 1 amide bonds. The molecule has 154 valence electrons. The van der Waals surface area contributed by atoms with Gasteiger partial charge in [-0.25, -0.2) is 4.39 Å². The van der Waals surface area contributed by atoms with Crippen LogP contribution in [-0.2, 0) is 20.0 Å². The highest BCUT2D eigenvalue weighted by Gasteiger charge is 2.35. The number of nitrogens with zero attached hydrogens (tertiary/aromatic N) is 3. The highest BCUT2D eigenvalue weighted by atomic mass is 19.1. The number of hydrogen-bond donors (Lipinski definition) is 2. The van der Waals surface area contributed by atoms with Crippen LogP contribution in [0.25, 0.3) is 0 Å². The molecule has 0 bridgehead atoms. The van der Waals surface area contributed by atoms with E-state index in [-0.39, 0.29) is 29.5 Å². The first-order valence-corrected chi connectivity index (χ1v) is 9.59. The molecule has 3 rings (SSSR count). The van der Waals surface area contributed by atoms with Crippen molar-refractivity contribution in [1.82, 2.24) is 9.47 Å². The lowest BCUT2D eigenvalue weighted by molar-refractivity contribution is -0.527. The van der Waals surface area contributed by atoms with Crippen molar-refractivity contribution >= 4 is 11.8 Å². The summed E-state index contributed by atoms with van der Waals surface area (Å²) in [5.74, 6) is -1.56. The van der Waals surface area contributed by atoms with Gasteiger partial charge in [0, 0.05) is 25.7 Å². The van der Waals surface area contributed by atoms with Crippen LogP contribution in [0.1, 0.15) is 41.0 Å². The second-order valence-corrected chi connectivity index (χ2v) is 7.01. The van der Waals surface area contributed by atoms with E-state index in [2.05, 4.69) is 0 Å². The standard InChI is InChI=1S/C21H24FN3O4/c1-4-24(5-2)20(28)17-15-10-11-25(12-13-6-8-14(22)9-7-13)19(27)16(15)18(26)21(29)23(17)3/h6-9H,4-5,10-12H2,1-3H3,(H,26,27,28)/p+1. The summed E-state index contributed by atoms with van der Waals surface area (Å²) < 4.78 is 16.0. The Kier molecular flexibility index (Phi) is 5.72. The zero-order valence-electron chi connectivity index (χ0n) is 16.8. The molecule has 0 atom stereocenters. The third-order valence-corrected chi connectivity index (χ3v) is 5.36. The lowest BCUT2D eigenvalue weighted by Crippen LogP contribution is -2.41. The van der Waals surface area contributed by atoms with E-state index in [0.717, 1.165) is 5.56 Å². The second kappa shape index (κ2) is 8.06. The van der Waals surface area contributed by atoms with Crippen LogP contribution in [0.15, 0.2) is 29.1 Å². The summed E-state index contributed by atoms with van der Waals surface area (Å²) in [4.78, 5) is 27.2. The number of halogens is 1. The molecule has 0 saturated heterocycles. The van der Waals surface area contributed by atoms with Crippen LogP contribution in [0, 0.1) is 5.82 Å². The van der Waals surface area contributed by atoms with Crippen LogP contribution in [0.2, 0.25) is 0 Å². The Morgan fingerprint density at radius 1 is 1.17 bits per heavy atom. The van der Waals surface area contributed by atoms with Gasteiger partial charge in [-0.05, 0) is 38.0 Å². The average Bonchev–Trinajstić information content (AvgIpc) is 2.70. The molecule has 2 aromatic rings. The van der Waals surface area contributed by atoms with Gasteiger partial charge in [0.05, 0.1) is 5.56 Å². The minimum absolute atomic E-state index is 0.0739. The van der Waals surface area contributed by atoms with Crippen molar-refractivity contribution in [2.24, 2.45) is 7.05 Å². The molecule has 1 aromatic carbocycles. The number of rotatable bonds is 5. The number of aromatic hydroxyl groups is 1. The van der Waals surface area contributed by atoms with Gasteiger partial charge in [-0.1, -0.05) is 12.1 Å². The average molecular weight is 402 g/mol. The van der Waals surface area contributed by atoms with E-state index in [1.807, 2.05) is 13.8 Å². The molecule has 0 spiro atoms. The van der Waals surface area contributed by atoms with Gasteiger partial charge in [0.15, 0.2) is 11.4 Å². The number of carbonyl (C=O) groups excluding carboxylic acids is 1. The molecular formula is C21H25FN3O4+. The number of aliphatic hydroxyl groups excluding tert-OH is 1. The topological polar surface area (TPSA) is 85.8 Å². The zero-order chi connectivity index (χ0) is 21.3. The molecular weight excluding hydrogens is 377 g/mol. The fraction of sp³-hybridized carbons (Fsp3) is 0.381. The summed E-state index contributed by atoms with van der Waals surface area (Å²) in [6, 6.07) is 5.82. The Morgan fingerprint density at radius 2 is 1.79 bits per heavy atom. The number of amides is 1. The Bertz CT molecular complexity index is 1040. The highest BCUT2D eigenvalue weighted by Crippen LogP contribution is 2.28. The molecule has 2 N–H and O–H groups in total. The minimum atomic E-state index is -0.741. The summed E-state index contributed by atoms with van der Waals surface area (Å²) >= 11 is 0. The van der Waals surface area contributed by atoms with Crippen molar-refractivity contribution in [3.05, 3.63) is 62.8 Å². The van der Waals surface area contributed by atoms with Crippen molar-refractivity contribution in [3.8, 4) is 5.75 Å². The molecule has 0 unspecified atom stereocenters. The Balaban J connectivity index is 2.10. The second-order valence-electron chi connectivity index (χ2n) is 7.01. The van der Waals surface area contributed by atoms with Gasteiger partial charge in [0.25, 0.3) is 11.5 Å². The molecule has 0 radical (unpaired) electrons. The third kappa shape index (κ3) is 3.62. The summed E-state index contributed by atoms with van der Waals surface area (Å²) in [5, 5.41) is 21.2. The lowest BCUT2D eigenvalue weighted by Gasteiger charge is -2.30. The van der Waals surface area contributed by atoms with Gasteiger partial charge in [-0.3, -0.25) is 14.2 Å². The van der Waals surface area contributed by atoms with E-state index < -0.39 is 17.2 Å². The quantitative estimate of drug-likeness (QED) is 0.454. The van der Waals surface area contributed by atoms with Crippen molar-refractivity contribution in [3.63, 3.8) is 0 Å². The van der Waals surface area contributed by atoms with Gasteiger partial charge in [0.2, 0.25) is 0 Å². The SMILES string of the molecule is CC[N+](CC)=C(O)c1c2c(c(O)c(=O)n1C)C(=O)N(Cc1ccc(F)cc1)CC2. The van der Waals surface area contributed by atoms with Gasteiger partial charge < -0.3 is 15.1 Å². The molecule has 8 heteroatoms. The van der Waals surface area contributed by atoms with E-state index in [4.69, 9.17) is 0 Å². The summed E-state index contributed by atoms with van der Waals surface area (Å²) in [6.07, 6.45) is 0.366. The molecule has 2 heterocycles. The lowest BCUT2D eigenvalue weighted by atomic mass is 9.95. The van der Waals surface area contributed by atoms with Crippen molar-refractivity contribution in [2.45, 2.75) is 26.8 Å². The monoisotopic (exact) mass is 402 g/mol. The number of carbonyl (C=O) groups is 1. The van der Waals surface area contributed by atoms with Crippen molar-refractivity contribution in [1.29, 1.82) is 0 Å². The maximum absolute atomic E-state index is 13.1. The molecule has 1 aliphatic rings. The smallest absolute Gasteiger partial charge is 0.384 e. The van der Waals surface area contributed by atoms with Crippen LogP contribution in [-0.4, -0.2) is 55.7 Å². The number of fused-ring (bicyclic) bond motifs is 1. The van der Waals surface area contributed by atoms with Gasteiger partial charge in [-0.2, -0.15) is 4.58 Å². The molecule has 0 fully saturated rings. The van der Waals surface area contributed by atoms with Crippen LogP contribution in [0.4, 0.5) is 4.39 Å². The van der Waals surface area contributed by atoms with E-state index >= 15 is 0 Å². The van der Waals surface area contributed by atoms with E-state index in [9.17, 15) is 24.2 Å². The zero-order valence-corrected chi connectivity index (χ0v) is 16.8.